The van der Waals surface area contributed by atoms with E-state index in [2.05, 4.69) is 5.10 Å². The molecular weight excluding hydrogens is 249 g/mol. The molecule has 1 aromatic rings. The number of aromatic nitrogens is 2. The van der Waals surface area contributed by atoms with Crippen molar-refractivity contribution in [3.8, 4) is 0 Å². The van der Waals surface area contributed by atoms with Gasteiger partial charge in [0.25, 0.3) is 0 Å². The Hall–Kier alpha value is -1.57. The van der Waals surface area contributed by atoms with E-state index in [0.717, 1.165) is 23.7 Å². The number of nitrogens with zero attached hydrogens (tertiary/aromatic N) is 2. The lowest BCUT2D eigenvalue weighted by atomic mass is 9.94. The first-order valence-corrected chi connectivity index (χ1v) is 5.42. The molecule has 2 rings (SSSR count). The highest BCUT2D eigenvalue weighted by atomic mass is 19.4. The van der Waals surface area contributed by atoms with Crippen LogP contribution in [-0.4, -0.2) is 21.2 Å². The van der Waals surface area contributed by atoms with Crippen molar-refractivity contribution in [3.63, 3.8) is 0 Å². The van der Waals surface area contributed by atoms with Gasteiger partial charge in [0.05, 0.1) is 18.3 Å². The lowest BCUT2D eigenvalue weighted by Crippen LogP contribution is -2.56. The zero-order valence-electron chi connectivity index (χ0n) is 9.44. The van der Waals surface area contributed by atoms with Crippen molar-refractivity contribution < 1.29 is 18.0 Å². The van der Waals surface area contributed by atoms with Crippen LogP contribution in [-0.2, 0) is 17.5 Å². The third-order valence-corrected chi connectivity index (χ3v) is 3.15. The van der Waals surface area contributed by atoms with Gasteiger partial charge in [0.2, 0.25) is 5.91 Å². The molecule has 1 amide bonds. The first kappa shape index (κ1) is 12.9. The second-order valence-corrected chi connectivity index (χ2v) is 4.60. The summed E-state index contributed by atoms with van der Waals surface area (Å²) >= 11 is 0. The standard InChI is InChI=1S/C10H13F3N4O/c11-10(12,13)7-3-16-17(4-7)5-9(15,8(14)18)6-1-2-6/h3-4,6H,1-2,5,15H2,(H2,14,18). The van der Waals surface area contributed by atoms with Crippen molar-refractivity contribution in [2.75, 3.05) is 0 Å². The van der Waals surface area contributed by atoms with E-state index in [4.69, 9.17) is 11.5 Å². The highest BCUT2D eigenvalue weighted by Crippen LogP contribution is 2.39. The van der Waals surface area contributed by atoms with Crippen LogP contribution in [0.15, 0.2) is 12.4 Å². The molecule has 1 aliphatic rings. The minimum absolute atomic E-state index is 0.0754. The van der Waals surface area contributed by atoms with Gasteiger partial charge in [-0.2, -0.15) is 18.3 Å². The molecule has 1 heterocycles. The Morgan fingerprint density at radius 3 is 2.50 bits per heavy atom. The number of amides is 1. The second kappa shape index (κ2) is 3.98. The molecule has 1 atom stereocenters. The lowest BCUT2D eigenvalue weighted by Gasteiger charge is -2.25. The normalized spacial score (nSPS) is 19.6. The molecule has 0 bridgehead atoms. The molecule has 4 N–H and O–H groups in total. The molecule has 0 aliphatic heterocycles. The quantitative estimate of drug-likeness (QED) is 0.828. The van der Waals surface area contributed by atoms with Gasteiger partial charge in [-0.1, -0.05) is 0 Å². The molecule has 1 saturated carbocycles. The number of primary amides is 1. The molecule has 1 unspecified atom stereocenters. The van der Waals surface area contributed by atoms with Gasteiger partial charge in [-0.3, -0.25) is 9.48 Å². The van der Waals surface area contributed by atoms with Crippen LogP contribution in [0.4, 0.5) is 13.2 Å². The third-order valence-electron chi connectivity index (χ3n) is 3.15. The van der Waals surface area contributed by atoms with Gasteiger partial charge in [-0.15, -0.1) is 0 Å². The van der Waals surface area contributed by atoms with Crippen LogP contribution < -0.4 is 11.5 Å². The summed E-state index contributed by atoms with van der Waals surface area (Å²) in [6.45, 7) is -0.136. The molecule has 1 aliphatic carbocycles. The number of hydrogen-bond acceptors (Lipinski definition) is 3. The predicted octanol–water partition coefficient (Wildman–Crippen LogP) is 0.495. The van der Waals surface area contributed by atoms with Crippen LogP contribution in [0.25, 0.3) is 0 Å². The van der Waals surface area contributed by atoms with Crippen molar-refractivity contribution in [1.29, 1.82) is 0 Å². The minimum atomic E-state index is -4.46. The minimum Gasteiger partial charge on any atom is -0.368 e. The molecule has 0 radical (unpaired) electrons. The summed E-state index contributed by atoms with van der Waals surface area (Å²) in [6, 6.07) is 0. The smallest absolute Gasteiger partial charge is 0.368 e. The third kappa shape index (κ3) is 2.33. The monoisotopic (exact) mass is 262 g/mol. The number of carbonyl (C=O) groups excluding carboxylic acids is 1. The maximum atomic E-state index is 12.4. The van der Waals surface area contributed by atoms with Crippen molar-refractivity contribution in [2.45, 2.75) is 31.1 Å². The Morgan fingerprint density at radius 1 is 1.50 bits per heavy atom. The van der Waals surface area contributed by atoms with Gasteiger partial charge in [-0.05, 0) is 18.8 Å². The summed E-state index contributed by atoms with van der Waals surface area (Å²) in [5.41, 5.74) is 8.91. The predicted molar refractivity (Wildman–Crippen MR) is 56.1 cm³/mol. The number of hydrogen-bond donors (Lipinski definition) is 2. The molecule has 1 aromatic heterocycles. The van der Waals surface area contributed by atoms with E-state index < -0.39 is 23.2 Å². The molecule has 1 fully saturated rings. The first-order chi connectivity index (χ1) is 8.23. The Bertz CT molecular complexity index is 466. The van der Waals surface area contributed by atoms with Gasteiger partial charge in [0, 0.05) is 6.20 Å². The number of nitrogens with two attached hydrogens (primary N) is 2. The fraction of sp³-hybridized carbons (Fsp3) is 0.600. The summed E-state index contributed by atoms with van der Waals surface area (Å²) in [4.78, 5) is 11.3. The summed E-state index contributed by atoms with van der Waals surface area (Å²) < 4.78 is 38.2. The fourth-order valence-electron chi connectivity index (χ4n) is 1.87. The van der Waals surface area contributed by atoms with E-state index in [9.17, 15) is 18.0 Å². The summed E-state index contributed by atoms with van der Waals surface area (Å²) in [6.07, 6.45) is -1.41. The number of carbonyl (C=O) groups is 1. The Kier molecular flexibility index (Phi) is 2.84. The van der Waals surface area contributed by atoms with E-state index >= 15 is 0 Å². The van der Waals surface area contributed by atoms with Gasteiger partial charge in [0.15, 0.2) is 0 Å². The van der Waals surface area contributed by atoms with Gasteiger partial charge >= 0.3 is 6.18 Å². The van der Waals surface area contributed by atoms with E-state index in [1.165, 1.54) is 0 Å². The fourth-order valence-corrected chi connectivity index (χ4v) is 1.87. The molecule has 0 saturated heterocycles. The Morgan fingerprint density at radius 2 is 2.11 bits per heavy atom. The van der Waals surface area contributed by atoms with Crippen molar-refractivity contribution in [1.82, 2.24) is 9.78 Å². The van der Waals surface area contributed by atoms with Gasteiger partial charge in [-0.25, -0.2) is 0 Å². The van der Waals surface area contributed by atoms with Crippen LogP contribution >= 0.6 is 0 Å². The maximum Gasteiger partial charge on any atom is 0.419 e. The maximum absolute atomic E-state index is 12.4. The number of alkyl halides is 3. The van der Waals surface area contributed by atoms with Crippen molar-refractivity contribution in [2.24, 2.45) is 17.4 Å². The van der Waals surface area contributed by atoms with Crippen molar-refractivity contribution >= 4 is 5.91 Å². The zero-order valence-corrected chi connectivity index (χ0v) is 9.44. The number of rotatable bonds is 4. The molecule has 0 aromatic carbocycles. The van der Waals surface area contributed by atoms with Crippen LogP contribution in [0.3, 0.4) is 0 Å². The topological polar surface area (TPSA) is 86.9 Å². The molecule has 100 valence electrons. The van der Waals surface area contributed by atoms with Crippen LogP contribution in [0, 0.1) is 5.92 Å². The van der Waals surface area contributed by atoms with Crippen molar-refractivity contribution in [3.05, 3.63) is 18.0 Å². The Labute approximate surface area is 101 Å². The highest BCUT2D eigenvalue weighted by Gasteiger charge is 2.47. The molecular formula is C10H13F3N4O. The van der Waals surface area contributed by atoms with Gasteiger partial charge in [0.1, 0.15) is 5.54 Å². The SMILES string of the molecule is NC(=O)C(N)(Cn1cc(C(F)(F)F)cn1)C1CC1. The van der Waals surface area contributed by atoms with Gasteiger partial charge < -0.3 is 11.5 Å². The van der Waals surface area contributed by atoms with Crippen LogP contribution in [0.2, 0.25) is 0 Å². The average molecular weight is 262 g/mol. The summed E-state index contributed by atoms with van der Waals surface area (Å²) in [7, 11) is 0. The molecule has 5 nitrogen and oxygen atoms in total. The molecule has 8 heteroatoms. The molecule has 18 heavy (non-hydrogen) atoms. The van der Waals surface area contributed by atoms with Crippen LogP contribution in [0.5, 0.6) is 0 Å². The van der Waals surface area contributed by atoms with Crippen LogP contribution in [0.1, 0.15) is 18.4 Å². The number of halogens is 3. The van der Waals surface area contributed by atoms with E-state index in [1.807, 2.05) is 0 Å². The lowest BCUT2D eigenvalue weighted by molar-refractivity contribution is -0.137. The van der Waals surface area contributed by atoms with E-state index in [-0.39, 0.29) is 12.5 Å². The Balaban J connectivity index is 2.18. The average Bonchev–Trinajstić information content (AvgIpc) is 2.98. The largest absolute Gasteiger partial charge is 0.419 e. The van der Waals surface area contributed by atoms with E-state index in [0.29, 0.717) is 6.20 Å². The second-order valence-electron chi connectivity index (χ2n) is 4.60. The summed E-state index contributed by atoms with van der Waals surface area (Å²) in [5.74, 6) is -0.789. The first-order valence-electron chi connectivity index (χ1n) is 5.42. The summed E-state index contributed by atoms with van der Waals surface area (Å²) in [5, 5.41) is 3.57. The molecule has 0 spiro atoms. The van der Waals surface area contributed by atoms with E-state index in [1.54, 1.807) is 0 Å². The zero-order chi connectivity index (χ0) is 13.6. The highest BCUT2D eigenvalue weighted by molar-refractivity contribution is 5.85.